The molecular formula is C26H29N3O2. The van der Waals surface area contributed by atoms with E-state index in [9.17, 15) is 9.90 Å². The monoisotopic (exact) mass is 415 g/mol. The first-order valence-corrected chi connectivity index (χ1v) is 11.0. The second-order valence-electron chi connectivity index (χ2n) is 8.54. The molecule has 1 aromatic carbocycles. The number of nitrogens with one attached hydrogen (secondary N) is 1. The number of carbonyl (C=O) groups excluding carboxylic acids is 1. The van der Waals surface area contributed by atoms with Crippen molar-refractivity contribution in [1.82, 2.24) is 9.97 Å². The lowest BCUT2D eigenvalue weighted by Gasteiger charge is -2.18. The number of aromatic nitrogens is 2. The van der Waals surface area contributed by atoms with Crippen LogP contribution in [0, 0.1) is 11.8 Å². The molecule has 3 aromatic rings. The highest BCUT2D eigenvalue weighted by Gasteiger charge is 2.30. The third-order valence-corrected chi connectivity index (χ3v) is 6.32. The van der Waals surface area contributed by atoms with Crippen molar-refractivity contribution in [2.24, 2.45) is 11.8 Å². The number of nitrogens with zero attached hydrogens (tertiary/aromatic N) is 2. The van der Waals surface area contributed by atoms with Gasteiger partial charge in [-0.05, 0) is 85.9 Å². The molecule has 1 aliphatic rings. The highest BCUT2D eigenvalue weighted by molar-refractivity contribution is 5.95. The summed E-state index contributed by atoms with van der Waals surface area (Å²) in [6.07, 6.45) is 8.96. The van der Waals surface area contributed by atoms with E-state index < -0.39 is 6.10 Å². The predicted molar refractivity (Wildman–Crippen MR) is 121 cm³/mol. The molecule has 1 fully saturated rings. The molecular weight excluding hydrogens is 386 g/mol. The van der Waals surface area contributed by atoms with Gasteiger partial charge in [-0.2, -0.15) is 0 Å². The summed E-state index contributed by atoms with van der Waals surface area (Å²) < 4.78 is 0. The Morgan fingerprint density at radius 1 is 1.10 bits per heavy atom. The van der Waals surface area contributed by atoms with Crippen LogP contribution in [-0.2, 0) is 11.2 Å². The second-order valence-corrected chi connectivity index (χ2v) is 8.54. The quantitative estimate of drug-likeness (QED) is 0.575. The normalized spacial score (nSPS) is 20.2. The molecule has 0 unspecified atom stereocenters. The number of amides is 1. The number of pyridine rings is 2. The topological polar surface area (TPSA) is 75.1 Å². The van der Waals surface area contributed by atoms with Gasteiger partial charge in [0.05, 0.1) is 17.7 Å². The van der Waals surface area contributed by atoms with Crippen LogP contribution in [-0.4, -0.2) is 21.0 Å². The van der Waals surface area contributed by atoms with E-state index in [0.29, 0.717) is 11.8 Å². The number of aliphatic hydroxyl groups is 1. The standard InChI is InChI=1S/C26H29N3O2/c1-18(24-6-2-3-14-28-24)26(31)29-23-11-8-19(9-12-23)15-20-7-10-21(16-20)25(30)22-5-4-13-27-17-22/h2-6,8-9,11-14,17-18,20-21,25,30H,7,10,15-16H2,1H3,(H,29,31)/t18-,20+,21+,25+/m1/s1. The number of rotatable bonds is 7. The first-order chi connectivity index (χ1) is 15.1. The number of carbonyl (C=O) groups is 1. The Labute approximate surface area is 183 Å². The van der Waals surface area contributed by atoms with E-state index in [1.807, 2.05) is 49.4 Å². The minimum Gasteiger partial charge on any atom is -0.388 e. The first kappa shape index (κ1) is 21.2. The average Bonchev–Trinajstić information content (AvgIpc) is 3.29. The molecule has 2 aromatic heterocycles. The van der Waals surface area contributed by atoms with E-state index in [-0.39, 0.29) is 11.8 Å². The summed E-state index contributed by atoms with van der Waals surface area (Å²) in [5, 5.41) is 13.7. The first-order valence-electron chi connectivity index (χ1n) is 11.0. The van der Waals surface area contributed by atoms with Gasteiger partial charge in [-0.3, -0.25) is 14.8 Å². The summed E-state index contributed by atoms with van der Waals surface area (Å²) in [4.78, 5) is 20.9. The van der Waals surface area contributed by atoms with Gasteiger partial charge in [0.2, 0.25) is 5.91 Å². The Kier molecular flexibility index (Phi) is 6.73. The Morgan fingerprint density at radius 3 is 2.65 bits per heavy atom. The van der Waals surface area contributed by atoms with Crippen molar-refractivity contribution < 1.29 is 9.90 Å². The van der Waals surface area contributed by atoms with Crippen molar-refractivity contribution in [3.05, 3.63) is 90.0 Å². The zero-order chi connectivity index (χ0) is 21.6. The Bertz CT molecular complexity index is 977. The van der Waals surface area contributed by atoms with E-state index in [1.165, 1.54) is 5.56 Å². The second kappa shape index (κ2) is 9.84. The van der Waals surface area contributed by atoms with Crippen LogP contribution in [0.5, 0.6) is 0 Å². The van der Waals surface area contributed by atoms with Crippen molar-refractivity contribution in [3.8, 4) is 0 Å². The van der Waals surface area contributed by atoms with Gasteiger partial charge in [0.15, 0.2) is 0 Å². The lowest BCUT2D eigenvalue weighted by atomic mass is 9.92. The third kappa shape index (κ3) is 5.36. The van der Waals surface area contributed by atoms with Gasteiger partial charge < -0.3 is 10.4 Å². The van der Waals surface area contributed by atoms with Crippen LogP contribution >= 0.6 is 0 Å². The van der Waals surface area contributed by atoms with Crippen LogP contribution in [0.3, 0.4) is 0 Å². The lowest BCUT2D eigenvalue weighted by Crippen LogP contribution is -2.19. The molecule has 5 nitrogen and oxygen atoms in total. The number of anilines is 1. The minimum atomic E-state index is -0.433. The fourth-order valence-corrected chi connectivity index (χ4v) is 4.48. The van der Waals surface area contributed by atoms with Gasteiger partial charge in [-0.25, -0.2) is 0 Å². The number of hydrogen-bond acceptors (Lipinski definition) is 4. The lowest BCUT2D eigenvalue weighted by molar-refractivity contribution is -0.117. The molecule has 1 aliphatic carbocycles. The fourth-order valence-electron chi connectivity index (χ4n) is 4.48. The van der Waals surface area contributed by atoms with E-state index in [0.717, 1.165) is 42.6 Å². The molecule has 1 amide bonds. The van der Waals surface area contributed by atoms with E-state index in [2.05, 4.69) is 27.4 Å². The average molecular weight is 416 g/mol. The smallest absolute Gasteiger partial charge is 0.233 e. The largest absolute Gasteiger partial charge is 0.388 e. The molecule has 0 aliphatic heterocycles. The van der Waals surface area contributed by atoms with Gasteiger partial charge in [0.1, 0.15) is 0 Å². The molecule has 31 heavy (non-hydrogen) atoms. The molecule has 160 valence electrons. The maximum atomic E-state index is 12.5. The Morgan fingerprint density at radius 2 is 1.94 bits per heavy atom. The van der Waals surface area contributed by atoms with E-state index >= 15 is 0 Å². The summed E-state index contributed by atoms with van der Waals surface area (Å²) in [5.74, 6) is 0.499. The molecule has 0 spiro atoms. The zero-order valence-corrected chi connectivity index (χ0v) is 17.8. The molecule has 4 rings (SSSR count). The summed E-state index contributed by atoms with van der Waals surface area (Å²) >= 11 is 0. The maximum Gasteiger partial charge on any atom is 0.233 e. The zero-order valence-electron chi connectivity index (χ0n) is 17.8. The van der Waals surface area contributed by atoms with Crippen LogP contribution in [0.4, 0.5) is 5.69 Å². The molecule has 1 saturated carbocycles. The van der Waals surface area contributed by atoms with Gasteiger partial charge >= 0.3 is 0 Å². The Hall–Kier alpha value is -3.05. The van der Waals surface area contributed by atoms with E-state index in [1.54, 1.807) is 18.6 Å². The maximum absolute atomic E-state index is 12.5. The molecule has 0 saturated heterocycles. The summed E-state index contributed by atoms with van der Waals surface area (Å²) in [5.41, 5.74) is 3.74. The number of benzene rings is 1. The predicted octanol–water partition coefficient (Wildman–Crippen LogP) is 4.91. The van der Waals surface area contributed by atoms with Gasteiger partial charge in [0.25, 0.3) is 0 Å². The molecule has 5 heteroatoms. The van der Waals surface area contributed by atoms with Crippen LogP contribution in [0.2, 0.25) is 0 Å². The van der Waals surface area contributed by atoms with Crippen LogP contribution < -0.4 is 5.32 Å². The minimum absolute atomic E-state index is 0.0607. The van der Waals surface area contributed by atoms with Crippen molar-refractivity contribution in [3.63, 3.8) is 0 Å². The highest BCUT2D eigenvalue weighted by atomic mass is 16.3. The number of hydrogen-bond donors (Lipinski definition) is 2. The van der Waals surface area contributed by atoms with Crippen molar-refractivity contribution >= 4 is 11.6 Å². The van der Waals surface area contributed by atoms with Gasteiger partial charge in [-0.1, -0.05) is 24.3 Å². The highest BCUT2D eigenvalue weighted by Crippen LogP contribution is 2.40. The van der Waals surface area contributed by atoms with Gasteiger partial charge in [-0.15, -0.1) is 0 Å². The molecule has 0 radical (unpaired) electrons. The van der Waals surface area contributed by atoms with Crippen LogP contribution in [0.15, 0.2) is 73.2 Å². The van der Waals surface area contributed by atoms with E-state index in [4.69, 9.17) is 0 Å². The summed E-state index contributed by atoms with van der Waals surface area (Å²) in [6, 6.07) is 17.5. The Balaban J connectivity index is 1.29. The van der Waals surface area contributed by atoms with Crippen molar-refractivity contribution in [2.75, 3.05) is 5.32 Å². The number of aliphatic hydroxyl groups excluding tert-OH is 1. The molecule has 2 heterocycles. The van der Waals surface area contributed by atoms with Gasteiger partial charge in [0, 0.05) is 24.3 Å². The van der Waals surface area contributed by atoms with Crippen LogP contribution in [0.1, 0.15) is 55.0 Å². The fraction of sp³-hybridized carbons (Fsp3) is 0.346. The molecule has 2 N–H and O–H groups in total. The summed E-state index contributed by atoms with van der Waals surface area (Å²) in [7, 11) is 0. The molecule has 4 atom stereocenters. The molecule has 0 bridgehead atoms. The summed E-state index contributed by atoms with van der Waals surface area (Å²) in [6.45, 7) is 1.86. The van der Waals surface area contributed by atoms with Crippen LogP contribution in [0.25, 0.3) is 0 Å². The van der Waals surface area contributed by atoms with Crippen molar-refractivity contribution in [1.29, 1.82) is 0 Å². The van der Waals surface area contributed by atoms with Crippen molar-refractivity contribution in [2.45, 2.75) is 44.6 Å². The third-order valence-electron chi connectivity index (χ3n) is 6.32. The SMILES string of the molecule is C[C@@H](C(=O)Nc1ccc(C[C@@H]2CC[C@H]([C@H](O)c3cccnc3)C2)cc1)c1ccccn1.